The predicted molar refractivity (Wildman–Crippen MR) is 115 cm³/mol. The second kappa shape index (κ2) is 9.25. The molecule has 9 nitrogen and oxygen atoms in total. The van der Waals surface area contributed by atoms with Gasteiger partial charge in [-0.15, -0.1) is 0 Å². The summed E-state index contributed by atoms with van der Waals surface area (Å²) in [5.74, 6) is 0.505. The van der Waals surface area contributed by atoms with Crippen LogP contribution in [0.2, 0.25) is 0 Å². The molecule has 0 spiro atoms. The van der Waals surface area contributed by atoms with Crippen LogP contribution in [0.5, 0.6) is 0 Å². The minimum Gasteiger partial charge on any atom is -0.398 e. The van der Waals surface area contributed by atoms with Crippen molar-refractivity contribution >= 4 is 23.3 Å². The summed E-state index contributed by atoms with van der Waals surface area (Å²) in [6.07, 6.45) is 7.49. The second-order valence-corrected chi connectivity index (χ2v) is 7.31. The summed E-state index contributed by atoms with van der Waals surface area (Å²) < 4.78 is 1.83. The summed E-state index contributed by atoms with van der Waals surface area (Å²) >= 11 is 0. The van der Waals surface area contributed by atoms with Crippen molar-refractivity contribution in [2.45, 2.75) is 39.7 Å². The Labute approximate surface area is 175 Å². The van der Waals surface area contributed by atoms with Crippen LogP contribution in [-0.2, 0) is 16.1 Å². The highest BCUT2D eigenvalue weighted by Gasteiger charge is 2.24. The maximum Gasteiger partial charge on any atom is 0.228 e. The molecule has 2 amide bonds. The molecule has 1 aliphatic heterocycles. The minimum atomic E-state index is -0.331. The Balaban J connectivity index is 1.52. The molecule has 3 heterocycles. The Hall–Kier alpha value is -3.62. The molecule has 0 aliphatic carbocycles. The van der Waals surface area contributed by atoms with Gasteiger partial charge in [-0.3, -0.25) is 19.5 Å². The number of nitrogens with one attached hydrogen (secondary N) is 1. The molecule has 0 fully saturated rings. The van der Waals surface area contributed by atoms with E-state index in [1.807, 2.05) is 30.7 Å². The van der Waals surface area contributed by atoms with Crippen LogP contribution >= 0.6 is 0 Å². The molecule has 0 aromatic carbocycles. The van der Waals surface area contributed by atoms with E-state index in [1.54, 1.807) is 23.4 Å². The Kier molecular flexibility index (Phi) is 6.51. The van der Waals surface area contributed by atoms with Gasteiger partial charge < -0.3 is 16.8 Å². The first-order valence-corrected chi connectivity index (χ1v) is 9.83. The van der Waals surface area contributed by atoms with Gasteiger partial charge in [0.2, 0.25) is 11.8 Å². The third-order valence-electron chi connectivity index (χ3n) is 4.71. The van der Waals surface area contributed by atoms with Crippen LogP contribution < -0.4 is 21.7 Å². The number of aromatic nitrogens is 3. The zero-order valence-electron chi connectivity index (χ0n) is 17.3. The van der Waals surface area contributed by atoms with Crippen molar-refractivity contribution in [1.82, 2.24) is 20.1 Å². The Morgan fingerprint density at radius 2 is 1.93 bits per heavy atom. The number of allylic oxidation sites excluding steroid dienone is 2. The van der Waals surface area contributed by atoms with Crippen LogP contribution in [0.4, 0.5) is 5.82 Å². The summed E-state index contributed by atoms with van der Waals surface area (Å²) in [4.78, 5) is 30.5. The van der Waals surface area contributed by atoms with E-state index in [2.05, 4.69) is 15.4 Å². The predicted octanol–water partition coefficient (Wildman–Crippen LogP) is 1.33. The van der Waals surface area contributed by atoms with Crippen molar-refractivity contribution in [2.24, 2.45) is 11.5 Å². The van der Waals surface area contributed by atoms with Gasteiger partial charge in [0.05, 0.1) is 5.69 Å². The van der Waals surface area contributed by atoms with Crippen molar-refractivity contribution in [3.05, 3.63) is 59.3 Å². The van der Waals surface area contributed by atoms with Crippen molar-refractivity contribution < 1.29 is 9.59 Å². The summed E-state index contributed by atoms with van der Waals surface area (Å²) in [7, 11) is 0. The maximum atomic E-state index is 12.6. The smallest absolute Gasteiger partial charge is 0.228 e. The van der Waals surface area contributed by atoms with Crippen molar-refractivity contribution in [1.29, 1.82) is 0 Å². The summed E-state index contributed by atoms with van der Waals surface area (Å²) in [6.45, 7) is 5.25. The van der Waals surface area contributed by atoms with E-state index in [0.717, 1.165) is 35.6 Å². The van der Waals surface area contributed by atoms with Gasteiger partial charge in [-0.1, -0.05) is 0 Å². The number of nitrogens with zero attached hydrogens (tertiary/aromatic N) is 4. The average molecular weight is 409 g/mol. The van der Waals surface area contributed by atoms with Gasteiger partial charge in [-0.2, -0.15) is 5.10 Å². The minimum absolute atomic E-state index is 0.0397. The molecular formula is C21H27N7O2. The lowest BCUT2D eigenvalue weighted by atomic mass is 10.1. The van der Waals surface area contributed by atoms with Crippen LogP contribution in [0.3, 0.4) is 0 Å². The fourth-order valence-corrected chi connectivity index (χ4v) is 3.27. The number of hydrogen-bond donors (Lipinski definition) is 3. The van der Waals surface area contributed by atoms with Crippen LogP contribution in [0.1, 0.15) is 36.1 Å². The molecule has 0 saturated carbocycles. The molecule has 158 valence electrons. The lowest BCUT2D eigenvalue weighted by Gasteiger charge is -2.27. The normalized spacial score (nSPS) is 14.4. The number of carbonyl (C=O) groups is 2. The lowest BCUT2D eigenvalue weighted by molar-refractivity contribution is -0.124. The van der Waals surface area contributed by atoms with E-state index in [1.165, 1.54) is 6.08 Å². The highest BCUT2D eigenvalue weighted by molar-refractivity contribution is 5.95. The zero-order valence-corrected chi connectivity index (χ0v) is 17.3. The molecule has 2 aromatic rings. The number of carbonyl (C=O) groups excluding carboxylic acids is 2. The van der Waals surface area contributed by atoms with E-state index in [-0.39, 0.29) is 30.5 Å². The van der Waals surface area contributed by atoms with Gasteiger partial charge in [0, 0.05) is 55.7 Å². The van der Waals surface area contributed by atoms with Gasteiger partial charge >= 0.3 is 0 Å². The molecule has 1 aliphatic rings. The summed E-state index contributed by atoms with van der Waals surface area (Å²) in [6, 6.07) is 3.79. The number of aryl methyl sites for hydroxylation is 3. The van der Waals surface area contributed by atoms with E-state index in [9.17, 15) is 9.59 Å². The third-order valence-corrected chi connectivity index (χ3v) is 4.71. The number of hydrogen-bond acceptors (Lipinski definition) is 6. The number of rotatable bonds is 6. The first-order valence-electron chi connectivity index (χ1n) is 9.83. The molecule has 2 aromatic heterocycles. The number of nitrogens with two attached hydrogens (primary N) is 2. The molecule has 0 unspecified atom stereocenters. The number of fused-ring (bicyclic) bond motifs is 1. The Bertz CT molecular complexity index is 1010. The molecule has 0 atom stereocenters. The summed E-state index contributed by atoms with van der Waals surface area (Å²) in [5, 5.41) is 6.96. The summed E-state index contributed by atoms with van der Waals surface area (Å²) in [5.41, 5.74) is 15.0. The van der Waals surface area contributed by atoms with E-state index in [0.29, 0.717) is 12.2 Å². The largest absolute Gasteiger partial charge is 0.398 e. The third kappa shape index (κ3) is 5.25. The standard InChI is InChI=1S/C21H27N7O2/c1-14-10-16(13-24-12-14)17(22)4-5-18(23)25-19(29)6-7-21(30)27-8-3-9-28-20(27)11-15(2)26-28/h4-5,10-13H,3,6-9,22-23H2,1-2H3,(H,25,29)/b17-4-,18-5+. The topological polar surface area (TPSA) is 132 Å². The number of amides is 2. The first-order chi connectivity index (χ1) is 14.3. The molecule has 0 saturated heterocycles. The second-order valence-electron chi connectivity index (χ2n) is 7.31. The lowest BCUT2D eigenvalue weighted by Crippen LogP contribution is -2.38. The molecule has 3 rings (SSSR count). The van der Waals surface area contributed by atoms with Crippen LogP contribution in [-0.4, -0.2) is 33.1 Å². The molecule has 9 heteroatoms. The van der Waals surface area contributed by atoms with Gasteiger partial charge in [-0.25, -0.2) is 4.68 Å². The number of pyridine rings is 1. The molecule has 0 radical (unpaired) electrons. The van der Waals surface area contributed by atoms with Crippen molar-refractivity contribution in [2.75, 3.05) is 11.4 Å². The van der Waals surface area contributed by atoms with Crippen LogP contribution in [0.15, 0.2) is 42.5 Å². The molecular weight excluding hydrogens is 382 g/mol. The highest BCUT2D eigenvalue weighted by Crippen LogP contribution is 2.22. The van der Waals surface area contributed by atoms with E-state index < -0.39 is 0 Å². The fourth-order valence-electron chi connectivity index (χ4n) is 3.27. The fraction of sp³-hybridized carbons (Fsp3) is 0.333. The SMILES string of the molecule is Cc1cncc(/C(N)=C/C=C(\N)NC(=O)CCC(=O)N2CCCn3nc(C)cc32)c1. The zero-order chi connectivity index (χ0) is 21.7. The van der Waals surface area contributed by atoms with Crippen LogP contribution in [0.25, 0.3) is 5.70 Å². The van der Waals surface area contributed by atoms with E-state index in [4.69, 9.17) is 11.5 Å². The Morgan fingerprint density at radius 3 is 2.70 bits per heavy atom. The molecule has 30 heavy (non-hydrogen) atoms. The highest BCUT2D eigenvalue weighted by atomic mass is 16.2. The van der Waals surface area contributed by atoms with Gasteiger partial charge in [0.1, 0.15) is 11.6 Å². The monoisotopic (exact) mass is 409 g/mol. The quantitative estimate of drug-likeness (QED) is 0.617. The average Bonchev–Trinajstić information content (AvgIpc) is 3.10. The molecule has 0 bridgehead atoms. The van der Waals surface area contributed by atoms with Crippen molar-refractivity contribution in [3.63, 3.8) is 0 Å². The van der Waals surface area contributed by atoms with Gasteiger partial charge in [0.25, 0.3) is 0 Å². The number of anilines is 1. The molecule has 5 N–H and O–H groups in total. The van der Waals surface area contributed by atoms with Crippen LogP contribution in [0, 0.1) is 13.8 Å². The maximum absolute atomic E-state index is 12.6. The van der Waals surface area contributed by atoms with Gasteiger partial charge in [0.15, 0.2) is 0 Å². The van der Waals surface area contributed by atoms with Gasteiger partial charge in [-0.05, 0) is 44.1 Å². The van der Waals surface area contributed by atoms with Crippen molar-refractivity contribution in [3.8, 4) is 0 Å². The Morgan fingerprint density at radius 1 is 1.13 bits per heavy atom. The first kappa shape index (κ1) is 21.1. The van der Waals surface area contributed by atoms with E-state index >= 15 is 0 Å².